The van der Waals surface area contributed by atoms with Crippen molar-refractivity contribution in [2.24, 2.45) is 0 Å². The van der Waals surface area contributed by atoms with Gasteiger partial charge in [0, 0.05) is 44.7 Å². The van der Waals surface area contributed by atoms with Crippen molar-refractivity contribution in [1.82, 2.24) is 31.9 Å². The van der Waals surface area contributed by atoms with E-state index in [4.69, 9.17) is 0 Å². The number of carbonyl (C=O) groups is 9. The van der Waals surface area contributed by atoms with Crippen LogP contribution in [0.15, 0.2) is 0 Å². The first kappa shape index (κ1) is 44.1. The highest BCUT2D eigenvalue weighted by atomic mass is 16.2. The average Bonchev–Trinajstić information content (AvgIpc) is 2.98. The third-order valence-corrected chi connectivity index (χ3v) is 7.64. The molecule has 0 aliphatic rings. The molecule has 0 heterocycles. The van der Waals surface area contributed by atoms with Gasteiger partial charge in [0.05, 0.1) is 12.1 Å². The fourth-order valence-corrected chi connectivity index (χ4v) is 4.84. The summed E-state index contributed by atoms with van der Waals surface area (Å²) in [5, 5.41) is 16.5. The van der Waals surface area contributed by atoms with Gasteiger partial charge in [0.15, 0.2) is 0 Å². The van der Waals surface area contributed by atoms with E-state index in [2.05, 4.69) is 31.9 Å². The van der Waals surface area contributed by atoms with Crippen LogP contribution in [0.4, 0.5) is 0 Å². The van der Waals surface area contributed by atoms with Gasteiger partial charge in [0.2, 0.25) is 23.6 Å². The molecule has 0 aliphatic heterocycles. The van der Waals surface area contributed by atoms with Crippen molar-refractivity contribution in [3.8, 4) is 0 Å². The summed E-state index contributed by atoms with van der Waals surface area (Å²) in [5.74, 6) is -2.73. The Labute approximate surface area is 283 Å². The van der Waals surface area contributed by atoms with Gasteiger partial charge in [-0.05, 0) is 87.2 Å². The molecule has 0 radical (unpaired) electrons. The lowest BCUT2D eigenvalue weighted by molar-refractivity contribution is -0.131. The van der Waals surface area contributed by atoms with E-state index in [1.54, 1.807) is 14.1 Å². The zero-order valence-corrected chi connectivity index (χ0v) is 29.5. The Morgan fingerprint density at radius 2 is 0.792 bits per heavy atom. The molecule has 5 unspecified atom stereocenters. The van der Waals surface area contributed by atoms with Crippen molar-refractivity contribution in [3.63, 3.8) is 0 Å². The second-order valence-corrected chi connectivity index (χ2v) is 12.3. The summed E-state index contributed by atoms with van der Waals surface area (Å²) in [6, 6.07) is -4.12. The molecule has 15 nitrogen and oxygen atoms in total. The predicted molar refractivity (Wildman–Crippen MR) is 179 cm³/mol. The number of nitrogens with one attached hydrogen (secondary N) is 6. The molecule has 0 aromatic carbocycles. The fraction of sp³-hybridized carbons (Fsp3) is 0.727. The van der Waals surface area contributed by atoms with Crippen LogP contribution in [0, 0.1) is 0 Å². The van der Waals surface area contributed by atoms with Crippen molar-refractivity contribution in [3.05, 3.63) is 0 Å². The van der Waals surface area contributed by atoms with Crippen molar-refractivity contribution >= 4 is 52.5 Å². The maximum absolute atomic E-state index is 13.3. The Hall–Kier alpha value is -3.85. The van der Waals surface area contributed by atoms with Crippen molar-refractivity contribution < 1.29 is 43.2 Å². The SMILES string of the molecule is CNC(CCC(C)=O)C(=O)NC(CCC(C)=O)C(=O)NCCCC(CC(C)=O)NC(=O)C(CCC(C)=O)NC(=O)C(CCC(C)=O)NC. The van der Waals surface area contributed by atoms with Crippen LogP contribution < -0.4 is 31.9 Å². The van der Waals surface area contributed by atoms with E-state index < -0.39 is 53.8 Å². The lowest BCUT2D eigenvalue weighted by Crippen LogP contribution is -2.54. The molecular weight excluding hydrogens is 624 g/mol. The van der Waals surface area contributed by atoms with Crippen LogP contribution in [-0.2, 0) is 43.2 Å². The number of hydrogen-bond donors (Lipinski definition) is 6. The number of likely N-dealkylation sites (N-methyl/N-ethyl adjacent to an activating group) is 2. The van der Waals surface area contributed by atoms with Crippen LogP contribution in [0.1, 0.15) is 105 Å². The molecule has 272 valence electrons. The summed E-state index contributed by atoms with van der Waals surface area (Å²) < 4.78 is 0. The molecule has 0 bridgehead atoms. The maximum atomic E-state index is 13.3. The van der Waals surface area contributed by atoms with E-state index in [0.29, 0.717) is 6.42 Å². The van der Waals surface area contributed by atoms with Gasteiger partial charge in [-0.1, -0.05) is 0 Å². The quantitative estimate of drug-likeness (QED) is 0.0632. The zero-order chi connectivity index (χ0) is 36.8. The van der Waals surface area contributed by atoms with Crippen LogP contribution in [0.2, 0.25) is 0 Å². The molecule has 0 aliphatic carbocycles. The van der Waals surface area contributed by atoms with Gasteiger partial charge < -0.3 is 51.1 Å². The highest BCUT2D eigenvalue weighted by molar-refractivity contribution is 5.92. The second kappa shape index (κ2) is 24.3. The molecule has 48 heavy (non-hydrogen) atoms. The number of Topliss-reactive ketones (excluding diaryl/α,β-unsaturated/α-hetero) is 5. The minimum atomic E-state index is -1.06. The third-order valence-electron chi connectivity index (χ3n) is 7.64. The molecule has 0 spiro atoms. The summed E-state index contributed by atoms with van der Waals surface area (Å²) in [5.41, 5.74) is 0. The first-order valence-corrected chi connectivity index (χ1v) is 16.5. The summed E-state index contributed by atoms with van der Waals surface area (Å²) in [6.45, 7) is 7.10. The highest BCUT2D eigenvalue weighted by Crippen LogP contribution is 2.08. The van der Waals surface area contributed by atoms with Gasteiger partial charge in [-0.25, -0.2) is 0 Å². The molecule has 4 amide bonds. The van der Waals surface area contributed by atoms with E-state index in [0.717, 1.165) is 0 Å². The standard InChI is InChI=1S/C33H56N6O9/c1-20(40)10-14-26(34-6)31(46)38-28(16-12-22(3)42)30(45)36-18-8-9-25(19-24(5)44)37-33(48)29(17-13-23(4)43)39-32(47)27(35-7)15-11-21(2)41/h25-29,34-35H,8-19H2,1-7H3,(H,36,45)(H,37,48)(H,38,46)(H,39,47). The Morgan fingerprint density at radius 1 is 0.438 bits per heavy atom. The van der Waals surface area contributed by atoms with Gasteiger partial charge in [-0.2, -0.15) is 0 Å². The molecule has 0 saturated heterocycles. The van der Waals surface area contributed by atoms with Crippen LogP contribution in [0.5, 0.6) is 0 Å². The number of ketones is 5. The molecule has 6 N–H and O–H groups in total. The van der Waals surface area contributed by atoms with E-state index in [1.165, 1.54) is 34.6 Å². The maximum Gasteiger partial charge on any atom is 0.242 e. The van der Waals surface area contributed by atoms with Crippen LogP contribution in [0.25, 0.3) is 0 Å². The lowest BCUT2D eigenvalue weighted by Gasteiger charge is -2.25. The minimum absolute atomic E-state index is 0.00617. The fourth-order valence-electron chi connectivity index (χ4n) is 4.84. The topological polar surface area (TPSA) is 226 Å². The number of rotatable bonds is 27. The van der Waals surface area contributed by atoms with Gasteiger partial charge >= 0.3 is 0 Å². The summed E-state index contributed by atoms with van der Waals surface area (Å²) in [7, 11) is 3.13. The summed E-state index contributed by atoms with van der Waals surface area (Å²) in [6.07, 6.45) is 1.66. The number of amides is 4. The van der Waals surface area contributed by atoms with Crippen LogP contribution in [-0.4, -0.2) is 103 Å². The average molecular weight is 681 g/mol. The third kappa shape index (κ3) is 20.4. The molecule has 0 saturated carbocycles. The lowest BCUT2D eigenvalue weighted by atomic mass is 10.0. The van der Waals surface area contributed by atoms with Gasteiger partial charge in [-0.15, -0.1) is 0 Å². The number of hydrogen-bond acceptors (Lipinski definition) is 11. The first-order valence-electron chi connectivity index (χ1n) is 16.5. The van der Waals surface area contributed by atoms with Crippen molar-refractivity contribution in [1.29, 1.82) is 0 Å². The monoisotopic (exact) mass is 680 g/mol. The van der Waals surface area contributed by atoms with E-state index in [9.17, 15) is 43.2 Å². The zero-order valence-electron chi connectivity index (χ0n) is 29.5. The summed E-state index contributed by atoms with van der Waals surface area (Å²) >= 11 is 0. The summed E-state index contributed by atoms with van der Waals surface area (Å²) in [4.78, 5) is 110. The first-order chi connectivity index (χ1) is 22.5. The van der Waals surface area contributed by atoms with Gasteiger partial charge in [0.25, 0.3) is 0 Å². The van der Waals surface area contributed by atoms with Crippen LogP contribution >= 0.6 is 0 Å². The Balaban J connectivity index is 5.47. The molecule has 0 aromatic heterocycles. The highest BCUT2D eigenvalue weighted by Gasteiger charge is 2.28. The smallest absolute Gasteiger partial charge is 0.242 e. The molecule has 0 aromatic rings. The molecule has 0 fully saturated rings. The molecule has 5 atom stereocenters. The van der Waals surface area contributed by atoms with E-state index >= 15 is 0 Å². The van der Waals surface area contributed by atoms with Gasteiger partial charge in [0.1, 0.15) is 41.0 Å². The van der Waals surface area contributed by atoms with Crippen LogP contribution in [0.3, 0.4) is 0 Å². The normalized spacial score (nSPS) is 14.0. The Bertz CT molecular complexity index is 1140. The van der Waals surface area contributed by atoms with E-state index in [1.807, 2.05) is 0 Å². The van der Waals surface area contributed by atoms with Crippen molar-refractivity contribution in [2.75, 3.05) is 20.6 Å². The molecule has 0 rings (SSSR count). The minimum Gasteiger partial charge on any atom is -0.354 e. The Morgan fingerprint density at radius 3 is 1.15 bits per heavy atom. The largest absolute Gasteiger partial charge is 0.354 e. The second-order valence-electron chi connectivity index (χ2n) is 12.3. The van der Waals surface area contributed by atoms with Crippen molar-refractivity contribution in [2.45, 2.75) is 135 Å². The molecule has 15 heteroatoms. The van der Waals surface area contributed by atoms with E-state index in [-0.39, 0.29) is 99.7 Å². The Kier molecular flexibility index (Phi) is 22.4. The van der Waals surface area contributed by atoms with Gasteiger partial charge in [-0.3, -0.25) is 24.0 Å². The number of carbonyl (C=O) groups excluding carboxylic acids is 9. The molecular formula is C33H56N6O9. The predicted octanol–water partition coefficient (Wildman–Crippen LogP) is -0.0309.